The fourth-order valence-electron chi connectivity index (χ4n) is 2.42. The van der Waals surface area contributed by atoms with Crippen LogP contribution in [0.3, 0.4) is 0 Å². The quantitative estimate of drug-likeness (QED) is 0.251. The Morgan fingerprint density at radius 3 is 2.21 bits per heavy atom. The van der Waals surface area contributed by atoms with E-state index >= 15 is 0 Å². The van der Waals surface area contributed by atoms with Crippen LogP contribution in [0.25, 0.3) is 0 Å². The maximum Gasteiger partial charge on any atom is 0.313 e. The number of aliphatic hydroxyl groups excluding tert-OH is 1. The van der Waals surface area contributed by atoms with Crippen molar-refractivity contribution in [3.63, 3.8) is 0 Å². The summed E-state index contributed by atoms with van der Waals surface area (Å²) in [5.41, 5.74) is 0. The minimum Gasteiger partial charge on any atom is -0.481 e. The van der Waals surface area contributed by atoms with Gasteiger partial charge in [-0.15, -0.1) is 0 Å². The van der Waals surface area contributed by atoms with Crippen LogP contribution < -0.4 is 0 Å². The van der Waals surface area contributed by atoms with Gasteiger partial charge < -0.3 is 14.9 Å². The molecular formula is C19H34O5. The maximum atomic E-state index is 11.8. The summed E-state index contributed by atoms with van der Waals surface area (Å²) in [6, 6.07) is 0. The minimum absolute atomic E-state index is 0.0504. The van der Waals surface area contributed by atoms with Crippen LogP contribution in [-0.4, -0.2) is 35.4 Å². The van der Waals surface area contributed by atoms with Crippen molar-refractivity contribution in [1.82, 2.24) is 0 Å². The van der Waals surface area contributed by atoms with Crippen LogP contribution in [0.2, 0.25) is 0 Å². The lowest BCUT2D eigenvalue weighted by Crippen LogP contribution is -2.20. The van der Waals surface area contributed by atoms with E-state index in [1.807, 2.05) is 6.08 Å². The van der Waals surface area contributed by atoms with E-state index in [9.17, 15) is 9.59 Å². The molecule has 0 aliphatic rings. The van der Waals surface area contributed by atoms with Crippen LogP contribution in [0.1, 0.15) is 77.6 Å². The Balaban J connectivity index is 3.91. The van der Waals surface area contributed by atoms with E-state index in [0.717, 1.165) is 12.8 Å². The van der Waals surface area contributed by atoms with Crippen LogP contribution in [-0.2, 0) is 14.3 Å². The average molecular weight is 342 g/mol. The highest BCUT2D eigenvalue weighted by Gasteiger charge is 2.20. The predicted molar refractivity (Wildman–Crippen MR) is 94.8 cm³/mol. The zero-order chi connectivity index (χ0) is 18.0. The molecule has 0 heterocycles. The molecule has 5 nitrogen and oxygen atoms in total. The molecule has 0 spiro atoms. The average Bonchev–Trinajstić information content (AvgIpc) is 2.55. The molecule has 0 saturated heterocycles. The smallest absolute Gasteiger partial charge is 0.313 e. The van der Waals surface area contributed by atoms with Gasteiger partial charge in [-0.05, 0) is 12.8 Å². The lowest BCUT2D eigenvalue weighted by molar-refractivity contribution is -0.151. The Morgan fingerprint density at radius 2 is 1.62 bits per heavy atom. The van der Waals surface area contributed by atoms with Crippen LogP contribution in [0.15, 0.2) is 12.2 Å². The summed E-state index contributed by atoms with van der Waals surface area (Å²) < 4.78 is 4.97. The lowest BCUT2D eigenvalue weighted by atomic mass is 10.0. The second-order valence-electron chi connectivity index (χ2n) is 6.14. The second-order valence-corrected chi connectivity index (χ2v) is 6.14. The summed E-state index contributed by atoms with van der Waals surface area (Å²) in [6.07, 6.45) is 14.5. The number of allylic oxidation sites excluding steroid dienone is 1. The molecule has 2 N–H and O–H groups in total. The number of hydrogen-bond acceptors (Lipinski definition) is 4. The molecule has 0 fully saturated rings. The number of aliphatic carboxylic acids is 1. The first-order chi connectivity index (χ1) is 11.6. The molecule has 1 unspecified atom stereocenters. The number of carbonyl (C=O) groups is 2. The summed E-state index contributed by atoms with van der Waals surface area (Å²) in [5, 5.41) is 17.6. The number of carboxylic acid groups (broad SMARTS) is 1. The summed E-state index contributed by atoms with van der Waals surface area (Å²) in [5.74, 6) is -2.29. The van der Waals surface area contributed by atoms with Crippen LogP contribution in [0.5, 0.6) is 0 Å². The van der Waals surface area contributed by atoms with Crippen molar-refractivity contribution < 1.29 is 24.5 Å². The molecule has 0 aromatic carbocycles. The van der Waals surface area contributed by atoms with Crippen molar-refractivity contribution in [2.45, 2.75) is 77.6 Å². The molecule has 0 aliphatic heterocycles. The number of carboxylic acids is 1. The van der Waals surface area contributed by atoms with E-state index in [1.54, 1.807) is 6.08 Å². The van der Waals surface area contributed by atoms with Gasteiger partial charge >= 0.3 is 11.9 Å². The van der Waals surface area contributed by atoms with Crippen LogP contribution in [0.4, 0.5) is 0 Å². The topological polar surface area (TPSA) is 83.8 Å². The van der Waals surface area contributed by atoms with Gasteiger partial charge in [0.2, 0.25) is 0 Å². The molecule has 0 amide bonds. The molecule has 0 aromatic rings. The number of ether oxygens (including phenoxy) is 1. The number of hydrogen-bond donors (Lipinski definition) is 2. The van der Waals surface area contributed by atoms with Gasteiger partial charge in [-0.25, -0.2) is 0 Å². The molecule has 0 aromatic heterocycles. The molecule has 0 saturated carbocycles. The Labute approximate surface area is 146 Å². The van der Waals surface area contributed by atoms with Crippen molar-refractivity contribution in [1.29, 1.82) is 0 Å². The van der Waals surface area contributed by atoms with Gasteiger partial charge in [0, 0.05) is 13.0 Å². The molecule has 1 atom stereocenters. The molecule has 24 heavy (non-hydrogen) atoms. The third-order valence-electron chi connectivity index (χ3n) is 3.84. The van der Waals surface area contributed by atoms with Gasteiger partial charge in [0.15, 0.2) is 0 Å². The number of rotatable bonds is 16. The molecule has 5 heteroatoms. The zero-order valence-electron chi connectivity index (χ0n) is 15.0. The fraction of sp³-hybridized carbons (Fsp3) is 0.789. The molecule has 0 aliphatic carbocycles. The molecule has 0 bridgehead atoms. The summed E-state index contributed by atoms with van der Waals surface area (Å²) in [7, 11) is 0. The van der Waals surface area contributed by atoms with Crippen LogP contribution >= 0.6 is 0 Å². The second kappa shape index (κ2) is 16.5. The zero-order valence-corrected chi connectivity index (χ0v) is 15.0. The molecule has 140 valence electrons. The highest BCUT2D eigenvalue weighted by atomic mass is 16.5. The third-order valence-corrected chi connectivity index (χ3v) is 3.84. The van der Waals surface area contributed by atoms with E-state index in [1.165, 1.54) is 44.9 Å². The van der Waals surface area contributed by atoms with Crippen molar-refractivity contribution in [3.8, 4) is 0 Å². The largest absolute Gasteiger partial charge is 0.481 e. The van der Waals surface area contributed by atoms with E-state index in [0.29, 0.717) is 6.42 Å². The number of esters is 1. The first-order valence-corrected chi connectivity index (χ1v) is 9.27. The monoisotopic (exact) mass is 342 g/mol. The van der Waals surface area contributed by atoms with Crippen LogP contribution in [0, 0.1) is 5.92 Å². The minimum atomic E-state index is -1.02. The van der Waals surface area contributed by atoms with E-state index in [2.05, 4.69) is 6.92 Å². The summed E-state index contributed by atoms with van der Waals surface area (Å²) in [4.78, 5) is 22.7. The molecular weight excluding hydrogens is 308 g/mol. The first-order valence-electron chi connectivity index (χ1n) is 9.27. The SMILES string of the molecule is CCCCCCCCCCC=CC(CC(=O)O)C(=O)OCCCO. The Bertz CT molecular complexity index is 352. The summed E-state index contributed by atoms with van der Waals surface area (Å²) in [6.45, 7) is 2.29. The highest BCUT2D eigenvalue weighted by Crippen LogP contribution is 2.12. The standard InChI is InChI=1S/C19H34O5/c1-2-3-4-5-6-7-8-9-10-11-13-17(16-18(21)22)19(23)24-15-12-14-20/h11,13,17,20H,2-10,12,14-16H2,1H3,(H,21,22). The maximum absolute atomic E-state index is 11.8. The Hall–Kier alpha value is -1.36. The third kappa shape index (κ3) is 14.2. The van der Waals surface area contributed by atoms with Gasteiger partial charge in [-0.2, -0.15) is 0 Å². The Morgan fingerprint density at radius 1 is 1.00 bits per heavy atom. The van der Waals surface area contributed by atoms with Gasteiger partial charge in [-0.1, -0.05) is 64.0 Å². The van der Waals surface area contributed by atoms with Gasteiger partial charge in [0.05, 0.1) is 18.9 Å². The Kier molecular flexibility index (Phi) is 15.6. The van der Waals surface area contributed by atoms with Gasteiger partial charge in [0.25, 0.3) is 0 Å². The van der Waals surface area contributed by atoms with Crippen molar-refractivity contribution in [3.05, 3.63) is 12.2 Å². The van der Waals surface area contributed by atoms with E-state index in [4.69, 9.17) is 14.9 Å². The number of unbranched alkanes of at least 4 members (excludes halogenated alkanes) is 8. The lowest BCUT2D eigenvalue weighted by Gasteiger charge is -2.10. The van der Waals surface area contributed by atoms with Gasteiger partial charge in [0.1, 0.15) is 0 Å². The molecule has 0 rings (SSSR count). The predicted octanol–water partition coefficient (Wildman–Crippen LogP) is 4.09. The summed E-state index contributed by atoms with van der Waals surface area (Å²) >= 11 is 0. The normalized spacial score (nSPS) is 12.4. The van der Waals surface area contributed by atoms with Gasteiger partial charge in [-0.3, -0.25) is 9.59 Å². The first kappa shape index (κ1) is 22.6. The number of aliphatic hydroxyl groups is 1. The highest BCUT2D eigenvalue weighted by molar-refractivity contribution is 5.80. The van der Waals surface area contributed by atoms with Crippen molar-refractivity contribution >= 4 is 11.9 Å². The van der Waals surface area contributed by atoms with E-state index < -0.39 is 17.9 Å². The van der Waals surface area contributed by atoms with Crippen molar-refractivity contribution in [2.75, 3.05) is 13.2 Å². The fourth-order valence-corrected chi connectivity index (χ4v) is 2.42. The number of carbonyl (C=O) groups excluding carboxylic acids is 1. The van der Waals surface area contributed by atoms with E-state index in [-0.39, 0.29) is 19.6 Å². The van der Waals surface area contributed by atoms with Crippen molar-refractivity contribution in [2.24, 2.45) is 5.92 Å². The molecule has 0 radical (unpaired) electrons.